The van der Waals surface area contributed by atoms with Crippen molar-refractivity contribution in [3.8, 4) is 0 Å². The molecule has 0 aliphatic heterocycles. The molecule has 0 radical (unpaired) electrons. The second-order valence-electron chi connectivity index (χ2n) is 6.41. The minimum absolute atomic E-state index is 0.0524. The summed E-state index contributed by atoms with van der Waals surface area (Å²) < 4.78 is 78.9. The van der Waals surface area contributed by atoms with Crippen LogP contribution in [0.3, 0.4) is 0 Å². The number of aliphatic hydroxyl groups is 1. The van der Waals surface area contributed by atoms with Crippen LogP contribution in [0.4, 0.5) is 26.3 Å². The molecule has 1 aromatic carbocycles. The maximum atomic E-state index is 13.2. The van der Waals surface area contributed by atoms with Gasteiger partial charge in [-0.15, -0.1) is 0 Å². The van der Waals surface area contributed by atoms with E-state index < -0.39 is 35.2 Å². The quantitative estimate of drug-likeness (QED) is 0.763. The third-order valence-corrected chi connectivity index (χ3v) is 4.29. The minimum Gasteiger partial charge on any atom is -0.387 e. The van der Waals surface area contributed by atoms with Gasteiger partial charge >= 0.3 is 12.4 Å². The van der Waals surface area contributed by atoms with Gasteiger partial charge < -0.3 is 10.4 Å². The summed E-state index contributed by atoms with van der Waals surface area (Å²) in [5, 5.41) is 13.1. The van der Waals surface area contributed by atoms with Crippen LogP contribution < -0.4 is 5.32 Å². The molecule has 1 fully saturated rings. The van der Waals surface area contributed by atoms with Gasteiger partial charge in [0.2, 0.25) is 0 Å². The fourth-order valence-corrected chi connectivity index (χ4v) is 2.78. The number of nitrogens with one attached hydrogen (secondary N) is 1. The Morgan fingerprint density at radius 2 is 1.81 bits per heavy atom. The lowest BCUT2D eigenvalue weighted by Gasteiger charge is -2.19. The summed E-state index contributed by atoms with van der Waals surface area (Å²) in [5.74, 6) is 0.485. The van der Waals surface area contributed by atoms with E-state index in [-0.39, 0.29) is 17.5 Å². The molecule has 3 rings (SSSR count). The summed E-state index contributed by atoms with van der Waals surface area (Å²) in [6.45, 7) is 0.559. The second kappa shape index (κ2) is 6.70. The highest BCUT2D eigenvalue weighted by Crippen LogP contribution is 2.38. The van der Waals surface area contributed by atoms with Gasteiger partial charge in [-0.05, 0) is 43.0 Å². The number of para-hydroxylation sites is 1. The Hall–Kier alpha value is -1.87. The van der Waals surface area contributed by atoms with Crippen LogP contribution in [-0.4, -0.2) is 23.2 Å². The van der Waals surface area contributed by atoms with Crippen LogP contribution in [0.2, 0.25) is 0 Å². The largest absolute Gasteiger partial charge is 0.433 e. The number of hydrogen-bond acceptors (Lipinski definition) is 3. The Morgan fingerprint density at radius 1 is 1.12 bits per heavy atom. The Kier molecular flexibility index (Phi) is 4.87. The minimum atomic E-state index is -4.93. The van der Waals surface area contributed by atoms with Crippen LogP contribution in [-0.2, 0) is 12.4 Å². The van der Waals surface area contributed by atoms with E-state index in [1.165, 1.54) is 6.07 Å². The zero-order chi connectivity index (χ0) is 19.1. The number of hydrogen-bond donors (Lipinski definition) is 2. The monoisotopic (exact) mass is 378 g/mol. The van der Waals surface area contributed by atoms with Crippen molar-refractivity contribution in [2.24, 2.45) is 5.92 Å². The van der Waals surface area contributed by atoms with Gasteiger partial charge in [-0.3, -0.25) is 0 Å². The second-order valence-corrected chi connectivity index (χ2v) is 6.41. The van der Waals surface area contributed by atoms with Crippen molar-refractivity contribution in [1.29, 1.82) is 0 Å². The molecular weight excluding hydrogens is 362 g/mol. The van der Waals surface area contributed by atoms with Gasteiger partial charge in [0.05, 0.1) is 17.2 Å². The van der Waals surface area contributed by atoms with Crippen molar-refractivity contribution >= 4 is 10.9 Å². The molecule has 9 heteroatoms. The number of halogens is 6. The SMILES string of the molecule is O[C@@H](CNCC1CC1)c1cc(C(F)(F)F)nc2c(C(F)(F)F)cccc12. The molecule has 1 aliphatic rings. The molecule has 1 aliphatic carbocycles. The first kappa shape index (κ1) is 18.9. The lowest BCUT2D eigenvalue weighted by atomic mass is 9.99. The van der Waals surface area contributed by atoms with Gasteiger partial charge in [-0.25, -0.2) is 4.98 Å². The van der Waals surface area contributed by atoms with Crippen LogP contribution in [0.15, 0.2) is 24.3 Å². The van der Waals surface area contributed by atoms with Crippen LogP contribution in [0.1, 0.15) is 35.8 Å². The molecule has 0 unspecified atom stereocenters. The average molecular weight is 378 g/mol. The molecular formula is C17H16F6N2O. The fraction of sp³-hybridized carbons (Fsp3) is 0.471. The highest BCUT2D eigenvalue weighted by molar-refractivity contribution is 5.86. The van der Waals surface area contributed by atoms with E-state index in [9.17, 15) is 31.4 Å². The lowest BCUT2D eigenvalue weighted by Crippen LogP contribution is -2.24. The number of benzene rings is 1. The van der Waals surface area contributed by atoms with E-state index in [2.05, 4.69) is 10.3 Å². The highest BCUT2D eigenvalue weighted by Gasteiger charge is 2.38. The van der Waals surface area contributed by atoms with E-state index in [1.54, 1.807) is 0 Å². The van der Waals surface area contributed by atoms with Crippen molar-refractivity contribution < 1.29 is 31.4 Å². The molecule has 2 N–H and O–H groups in total. The molecule has 0 saturated heterocycles. The van der Waals surface area contributed by atoms with Gasteiger partial charge in [0, 0.05) is 11.9 Å². The Bertz CT molecular complexity index is 798. The Morgan fingerprint density at radius 3 is 2.38 bits per heavy atom. The number of nitrogens with zero attached hydrogens (tertiary/aromatic N) is 1. The topological polar surface area (TPSA) is 45.1 Å². The van der Waals surface area contributed by atoms with E-state index >= 15 is 0 Å². The standard InChI is InChI=1S/C17H16F6N2O/c18-16(19,20)12-3-1-2-10-11(13(26)8-24-7-9-4-5-9)6-14(17(21,22)23)25-15(10)12/h1-3,6,9,13,24,26H,4-5,7-8H2/t13-/m0/s1. The van der Waals surface area contributed by atoms with Crippen molar-refractivity contribution in [1.82, 2.24) is 10.3 Å². The summed E-state index contributed by atoms with van der Waals surface area (Å²) in [5.41, 5.74) is -3.76. The Balaban J connectivity index is 2.07. The van der Waals surface area contributed by atoms with E-state index in [1.807, 2.05) is 0 Å². The number of rotatable bonds is 5. The molecule has 3 nitrogen and oxygen atoms in total. The van der Waals surface area contributed by atoms with Gasteiger partial charge in [0.1, 0.15) is 5.69 Å². The smallest absolute Gasteiger partial charge is 0.387 e. The average Bonchev–Trinajstić information content (AvgIpc) is 3.35. The molecule has 2 aromatic rings. The number of aromatic nitrogens is 1. The molecule has 1 aromatic heterocycles. The predicted molar refractivity (Wildman–Crippen MR) is 82.3 cm³/mol. The molecule has 0 spiro atoms. The Labute approximate surface area is 145 Å². The summed E-state index contributed by atoms with van der Waals surface area (Å²) >= 11 is 0. The maximum Gasteiger partial charge on any atom is 0.433 e. The fourth-order valence-electron chi connectivity index (χ4n) is 2.78. The summed E-state index contributed by atoms with van der Waals surface area (Å²) in [4.78, 5) is 3.20. The van der Waals surface area contributed by atoms with Crippen molar-refractivity contribution in [3.63, 3.8) is 0 Å². The highest BCUT2D eigenvalue weighted by atomic mass is 19.4. The van der Waals surface area contributed by atoms with E-state index in [0.29, 0.717) is 24.6 Å². The number of alkyl halides is 6. The number of pyridine rings is 1. The third kappa shape index (κ3) is 4.09. The van der Waals surface area contributed by atoms with Crippen molar-refractivity contribution in [3.05, 3.63) is 41.1 Å². The summed E-state index contributed by atoms with van der Waals surface area (Å²) in [7, 11) is 0. The predicted octanol–water partition coefficient (Wildman–Crippen LogP) is 4.31. The van der Waals surface area contributed by atoms with Gasteiger partial charge in [-0.2, -0.15) is 26.3 Å². The molecule has 1 saturated carbocycles. The molecule has 0 bridgehead atoms. The van der Waals surface area contributed by atoms with Crippen LogP contribution in [0.5, 0.6) is 0 Å². The first-order valence-corrected chi connectivity index (χ1v) is 8.04. The molecule has 142 valence electrons. The van der Waals surface area contributed by atoms with Crippen molar-refractivity contribution in [2.45, 2.75) is 31.3 Å². The van der Waals surface area contributed by atoms with Gasteiger partial charge in [-0.1, -0.05) is 12.1 Å². The van der Waals surface area contributed by atoms with E-state index in [0.717, 1.165) is 18.9 Å². The van der Waals surface area contributed by atoms with Crippen LogP contribution in [0, 0.1) is 5.92 Å². The normalized spacial score (nSPS) is 16.9. The molecule has 1 atom stereocenters. The molecule has 26 heavy (non-hydrogen) atoms. The summed E-state index contributed by atoms with van der Waals surface area (Å²) in [6.07, 6.45) is -9.07. The first-order chi connectivity index (χ1) is 12.1. The summed E-state index contributed by atoms with van der Waals surface area (Å²) in [6, 6.07) is 3.62. The number of fused-ring (bicyclic) bond motifs is 1. The van der Waals surface area contributed by atoms with Crippen LogP contribution >= 0.6 is 0 Å². The van der Waals surface area contributed by atoms with Gasteiger partial charge in [0.25, 0.3) is 0 Å². The lowest BCUT2D eigenvalue weighted by molar-refractivity contribution is -0.142. The van der Waals surface area contributed by atoms with Gasteiger partial charge in [0.15, 0.2) is 0 Å². The third-order valence-electron chi connectivity index (χ3n) is 4.29. The first-order valence-electron chi connectivity index (χ1n) is 8.04. The van der Waals surface area contributed by atoms with Crippen molar-refractivity contribution in [2.75, 3.05) is 13.1 Å². The maximum absolute atomic E-state index is 13.2. The zero-order valence-corrected chi connectivity index (χ0v) is 13.5. The molecule has 1 heterocycles. The zero-order valence-electron chi connectivity index (χ0n) is 13.5. The van der Waals surface area contributed by atoms with E-state index in [4.69, 9.17) is 0 Å². The molecule has 0 amide bonds. The van der Waals surface area contributed by atoms with Crippen LogP contribution in [0.25, 0.3) is 10.9 Å². The number of aliphatic hydroxyl groups excluding tert-OH is 1.